The second-order valence-corrected chi connectivity index (χ2v) is 10.9. The van der Waals surface area contributed by atoms with Crippen molar-refractivity contribution < 1.29 is 17.9 Å². The number of hydrogen-bond donors (Lipinski definition) is 2. The standard InChI is InChI=1S/C23H22ClFN4O3S/c24-20-3-1-2-16(22(20)25)14-29-5-4-15(10-21(29)30)19-13-27-23-18(19)11-17(12-26-23)28-6-8-33(31,32)9-7-28/h1-5,10-13,21,30H,6-9,14H2,(H,26,27). The first-order valence-electron chi connectivity index (χ1n) is 10.5. The van der Waals surface area contributed by atoms with Gasteiger partial charge in [-0.15, -0.1) is 0 Å². The van der Waals surface area contributed by atoms with E-state index < -0.39 is 21.9 Å². The summed E-state index contributed by atoms with van der Waals surface area (Å²) in [6.07, 6.45) is 7.91. The number of benzene rings is 1. The van der Waals surface area contributed by atoms with E-state index in [0.29, 0.717) is 24.3 Å². The highest BCUT2D eigenvalue weighted by atomic mass is 35.5. The lowest BCUT2D eigenvalue weighted by Crippen LogP contribution is -2.40. The maximum atomic E-state index is 14.3. The van der Waals surface area contributed by atoms with Gasteiger partial charge in [-0.3, -0.25) is 0 Å². The molecule has 172 valence electrons. The summed E-state index contributed by atoms with van der Waals surface area (Å²) in [7, 11) is -2.97. The third kappa shape index (κ3) is 4.36. The number of aromatic amines is 1. The van der Waals surface area contributed by atoms with Crippen molar-refractivity contribution in [3.05, 3.63) is 77.0 Å². The monoisotopic (exact) mass is 488 g/mol. The molecule has 0 saturated carbocycles. The fourth-order valence-corrected chi connectivity index (χ4v) is 5.54. The third-order valence-corrected chi connectivity index (χ3v) is 7.94. The van der Waals surface area contributed by atoms with Gasteiger partial charge < -0.3 is 19.9 Å². The fourth-order valence-electron chi connectivity index (χ4n) is 4.14. The van der Waals surface area contributed by atoms with Crippen LogP contribution < -0.4 is 4.90 Å². The molecular formula is C23H22ClFN4O3S. The van der Waals surface area contributed by atoms with Crippen LogP contribution in [-0.4, -0.2) is 59.2 Å². The summed E-state index contributed by atoms with van der Waals surface area (Å²) in [6.45, 7) is 1.04. The van der Waals surface area contributed by atoms with Crippen LogP contribution in [0.1, 0.15) is 11.1 Å². The first-order chi connectivity index (χ1) is 15.8. The molecule has 1 fully saturated rings. The summed E-state index contributed by atoms with van der Waals surface area (Å²) >= 11 is 5.87. The number of aliphatic hydroxyl groups excluding tert-OH is 1. The number of sulfone groups is 1. The van der Waals surface area contributed by atoms with Crippen molar-refractivity contribution in [3.63, 3.8) is 0 Å². The Bertz CT molecular complexity index is 1370. The Morgan fingerprint density at radius 2 is 2.06 bits per heavy atom. The lowest BCUT2D eigenvalue weighted by molar-refractivity contribution is 0.0723. The zero-order chi connectivity index (χ0) is 23.2. The van der Waals surface area contributed by atoms with E-state index in [1.165, 1.54) is 6.07 Å². The topological polar surface area (TPSA) is 89.5 Å². The molecule has 2 aliphatic heterocycles. The maximum absolute atomic E-state index is 14.3. The highest BCUT2D eigenvalue weighted by Gasteiger charge is 2.23. The number of allylic oxidation sites excluding steroid dienone is 2. The van der Waals surface area contributed by atoms with Gasteiger partial charge in [0.1, 0.15) is 17.7 Å². The number of nitrogens with one attached hydrogen (secondary N) is 1. The molecule has 33 heavy (non-hydrogen) atoms. The second kappa shape index (κ2) is 8.48. The van der Waals surface area contributed by atoms with Crippen molar-refractivity contribution in [2.45, 2.75) is 12.8 Å². The van der Waals surface area contributed by atoms with Gasteiger partial charge in [-0.25, -0.2) is 17.8 Å². The number of nitrogens with zero attached hydrogens (tertiary/aromatic N) is 3. The minimum absolute atomic E-state index is 0.0487. The average Bonchev–Trinajstić information content (AvgIpc) is 3.21. The number of anilines is 1. The quantitative estimate of drug-likeness (QED) is 0.585. The average molecular weight is 489 g/mol. The van der Waals surface area contributed by atoms with Crippen LogP contribution >= 0.6 is 11.6 Å². The molecule has 5 rings (SSSR count). The van der Waals surface area contributed by atoms with Crippen LogP contribution in [0.4, 0.5) is 10.1 Å². The smallest absolute Gasteiger partial charge is 0.153 e. The first-order valence-corrected chi connectivity index (χ1v) is 12.7. The summed E-state index contributed by atoms with van der Waals surface area (Å²) in [5.41, 5.74) is 3.62. The van der Waals surface area contributed by atoms with Gasteiger partial charge in [-0.05, 0) is 29.9 Å². The van der Waals surface area contributed by atoms with Gasteiger partial charge in [0.2, 0.25) is 0 Å². The van der Waals surface area contributed by atoms with Crippen LogP contribution in [0.15, 0.2) is 55.0 Å². The van der Waals surface area contributed by atoms with Crippen LogP contribution in [0.2, 0.25) is 5.02 Å². The molecule has 10 heteroatoms. The normalized spacial score (nSPS) is 20.3. The lowest BCUT2D eigenvalue weighted by atomic mass is 10.0. The van der Waals surface area contributed by atoms with E-state index >= 15 is 0 Å². The van der Waals surface area contributed by atoms with Gasteiger partial charge in [0.25, 0.3) is 0 Å². The van der Waals surface area contributed by atoms with E-state index in [2.05, 4.69) is 9.97 Å². The zero-order valence-electron chi connectivity index (χ0n) is 17.6. The third-order valence-electron chi connectivity index (χ3n) is 6.04. The Balaban J connectivity index is 1.39. The van der Waals surface area contributed by atoms with Crippen molar-refractivity contribution in [2.75, 3.05) is 29.5 Å². The highest BCUT2D eigenvalue weighted by molar-refractivity contribution is 7.91. The number of aliphatic hydroxyl groups is 1. The van der Waals surface area contributed by atoms with Gasteiger partial charge in [0.05, 0.1) is 28.4 Å². The summed E-state index contributed by atoms with van der Waals surface area (Å²) in [5, 5.41) is 11.6. The molecule has 1 atom stereocenters. The fraction of sp³-hybridized carbons (Fsp3) is 0.261. The van der Waals surface area contributed by atoms with Crippen LogP contribution in [0.5, 0.6) is 0 Å². The molecule has 0 spiro atoms. The number of rotatable bonds is 4. The summed E-state index contributed by atoms with van der Waals surface area (Å²) in [5.74, 6) is -0.224. The molecule has 3 aromatic rings. The molecular weight excluding hydrogens is 467 g/mol. The first kappa shape index (κ1) is 21.9. The van der Waals surface area contributed by atoms with Crippen LogP contribution in [-0.2, 0) is 16.4 Å². The Morgan fingerprint density at radius 3 is 2.82 bits per heavy atom. The van der Waals surface area contributed by atoms with E-state index in [4.69, 9.17) is 11.6 Å². The van der Waals surface area contributed by atoms with Crippen molar-refractivity contribution in [3.8, 4) is 0 Å². The molecule has 1 unspecified atom stereocenters. The molecule has 2 aliphatic rings. The van der Waals surface area contributed by atoms with E-state index in [0.717, 1.165) is 22.2 Å². The predicted octanol–water partition coefficient (Wildman–Crippen LogP) is 3.32. The summed E-state index contributed by atoms with van der Waals surface area (Å²) in [6, 6.07) is 6.79. The largest absolute Gasteiger partial charge is 0.370 e. The second-order valence-electron chi connectivity index (χ2n) is 8.17. The maximum Gasteiger partial charge on any atom is 0.153 e. The van der Waals surface area contributed by atoms with E-state index in [1.807, 2.05) is 23.2 Å². The van der Waals surface area contributed by atoms with Crippen LogP contribution in [0, 0.1) is 5.82 Å². The molecule has 0 bridgehead atoms. The SMILES string of the molecule is O=S1(=O)CCN(c2cnc3[nH]cc(C4=CC(O)N(Cc5cccc(Cl)c5F)C=C4)c3c2)CC1. The lowest BCUT2D eigenvalue weighted by Gasteiger charge is -2.29. The van der Waals surface area contributed by atoms with E-state index in [1.54, 1.807) is 35.5 Å². The van der Waals surface area contributed by atoms with Crippen molar-refractivity contribution in [1.29, 1.82) is 0 Å². The van der Waals surface area contributed by atoms with Gasteiger partial charge in [0, 0.05) is 48.5 Å². The van der Waals surface area contributed by atoms with Gasteiger partial charge in [-0.1, -0.05) is 23.7 Å². The molecule has 2 aromatic heterocycles. The van der Waals surface area contributed by atoms with E-state index in [9.17, 15) is 17.9 Å². The minimum atomic E-state index is -2.97. The van der Waals surface area contributed by atoms with Crippen LogP contribution in [0.3, 0.4) is 0 Å². The number of halogens is 2. The number of fused-ring (bicyclic) bond motifs is 1. The highest BCUT2D eigenvalue weighted by Crippen LogP contribution is 2.31. The molecule has 1 saturated heterocycles. The van der Waals surface area contributed by atoms with Gasteiger partial charge >= 0.3 is 0 Å². The summed E-state index contributed by atoms with van der Waals surface area (Å²) < 4.78 is 37.8. The van der Waals surface area contributed by atoms with Crippen molar-refractivity contribution in [1.82, 2.24) is 14.9 Å². The number of pyridine rings is 1. The molecule has 4 heterocycles. The molecule has 0 aliphatic carbocycles. The number of hydrogen-bond acceptors (Lipinski definition) is 6. The van der Waals surface area contributed by atoms with Crippen molar-refractivity contribution >= 4 is 43.7 Å². The predicted molar refractivity (Wildman–Crippen MR) is 127 cm³/mol. The summed E-state index contributed by atoms with van der Waals surface area (Å²) in [4.78, 5) is 11.3. The molecule has 1 aromatic carbocycles. The van der Waals surface area contributed by atoms with Crippen LogP contribution in [0.25, 0.3) is 16.6 Å². The number of H-pyrrole nitrogens is 1. The number of aromatic nitrogens is 2. The molecule has 0 amide bonds. The zero-order valence-corrected chi connectivity index (χ0v) is 19.2. The van der Waals surface area contributed by atoms with Gasteiger partial charge in [0.15, 0.2) is 9.84 Å². The van der Waals surface area contributed by atoms with Gasteiger partial charge in [-0.2, -0.15) is 0 Å². The molecule has 7 nitrogen and oxygen atoms in total. The Labute approximate surface area is 195 Å². The molecule has 0 radical (unpaired) electrons. The van der Waals surface area contributed by atoms with E-state index in [-0.39, 0.29) is 23.1 Å². The Hall–Kier alpha value is -2.88. The van der Waals surface area contributed by atoms with Crippen molar-refractivity contribution in [2.24, 2.45) is 0 Å². The minimum Gasteiger partial charge on any atom is -0.370 e. The Morgan fingerprint density at radius 1 is 1.27 bits per heavy atom. The Kier molecular flexibility index (Phi) is 5.64. The molecule has 2 N–H and O–H groups in total.